The molecule has 0 heterocycles. The van der Waals surface area contributed by atoms with Gasteiger partial charge in [-0.25, -0.2) is 4.79 Å². The van der Waals surface area contributed by atoms with E-state index in [1.165, 1.54) is 18.8 Å². The molecule has 0 saturated carbocycles. The van der Waals surface area contributed by atoms with Gasteiger partial charge in [-0.2, -0.15) is 0 Å². The van der Waals surface area contributed by atoms with Gasteiger partial charge in [-0.3, -0.25) is 4.84 Å². The Morgan fingerprint density at radius 3 is 2.60 bits per heavy atom. The Kier molecular flexibility index (Phi) is 5.87. The van der Waals surface area contributed by atoms with Crippen LogP contribution in [0.3, 0.4) is 0 Å². The van der Waals surface area contributed by atoms with Gasteiger partial charge in [0.25, 0.3) is 0 Å². The average Bonchev–Trinajstić information content (AvgIpc) is 2.15. The Bertz CT molecular complexity index is 287. The van der Waals surface area contributed by atoms with Crippen LogP contribution >= 0.6 is 11.8 Å². The topological polar surface area (TPSA) is 50.7 Å². The van der Waals surface area contributed by atoms with E-state index in [1.807, 2.05) is 20.8 Å². The van der Waals surface area contributed by atoms with Crippen LogP contribution in [-0.4, -0.2) is 24.6 Å². The van der Waals surface area contributed by atoms with Crippen molar-refractivity contribution in [2.75, 3.05) is 12.8 Å². The molecule has 0 spiro atoms. The normalized spacial score (nSPS) is 11.8. The largest absolute Gasteiger partial charge is 0.433 e. The fourth-order valence-corrected chi connectivity index (χ4v) is 1.34. The molecule has 0 aromatic heterocycles. The van der Waals surface area contributed by atoms with Gasteiger partial charge in [-0.05, 0) is 5.25 Å². The predicted molar refractivity (Wildman–Crippen MR) is 63.7 cm³/mol. The average molecular weight is 228 g/mol. The first-order chi connectivity index (χ1) is 6.91. The van der Waals surface area contributed by atoms with E-state index in [0.29, 0.717) is 5.75 Å². The standard InChI is InChI=1S/C10H16N2O2S/c1-6-15-7-8(10(2,3)4)12-14-9(13)11-5/h1H,7H2,2-5H3,(H,11,13). The predicted octanol–water partition coefficient (Wildman–Crippen LogP) is 2.07. The number of hydrogen-bond donors (Lipinski definition) is 1. The van der Waals surface area contributed by atoms with Gasteiger partial charge in [0.1, 0.15) is 0 Å². The maximum Gasteiger partial charge on any atom is 0.433 e. The van der Waals surface area contributed by atoms with Gasteiger partial charge >= 0.3 is 6.09 Å². The first-order valence-corrected chi connectivity index (χ1v) is 5.44. The molecular formula is C10H16N2O2S. The fraction of sp³-hybridized carbons (Fsp3) is 0.600. The van der Waals surface area contributed by atoms with Crippen molar-refractivity contribution in [2.24, 2.45) is 10.6 Å². The molecule has 0 fully saturated rings. The quantitative estimate of drug-likeness (QED) is 0.348. The van der Waals surface area contributed by atoms with Crippen LogP contribution in [-0.2, 0) is 4.84 Å². The monoisotopic (exact) mass is 228 g/mol. The van der Waals surface area contributed by atoms with Crippen molar-refractivity contribution >= 4 is 23.6 Å². The number of oxime groups is 1. The third-order valence-electron chi connectivity index (χ3n) is 1.60. The molecule has 1 N–H and O–H groups in total. The van der Waals surface area contributed by atoms with Crippen molar-refractivity contribution in [1.29, 1.82) is 0 Å². The van der Waals surface area contributed by atoms with Crippen molar-refractivity contribution in [3.05, 3.63) is 0 Å². The number of rotatable bonds is 3. The van der Waals surface area contributed by atoms with Crippen LogP contribution in [0.1, 0.15) is 20.8 Å². The first kappa shape index (κ1) is 13.8. The summed E-state index contributed by atoms with van der Waals surface area (Å²) in [7, 11) is 1.48. The lowest BCUT2D eigenvalue weighted by Gasteiger charge is -2.19. The maximum atomic E-state index is 10.8. The molecule has 0 bridgehead atoms. The summed E-state index contributed by atoms with van der Waals surface area (Å²) in [6, 6.07) is 0. The van der Waals surface area contributed by atoms with E-state index >= 15 is 0 Å². The molecule has 0 aliphatic carbocycles. The highest BCUT2D eigenvalue weighted by atomic mass is 32.2. The summed E-state index contributed by atoms with van der Waals surface area (Å²) in [6.45, 7) is 5.95. The second-order valence-corrected chi connectivity index (χ2v) is 4.64. The molecule has 1 amide bonds. The molecule has 15 heavy (non-hydrogen) atoms. The minimum Gasteiger partial charge on any atom is -0.323 e. The van der Waals surface area contributed by atoms with E-state index in [4.69, 9.17) is 6.42 Å². The van der Waals surface area contributed by atoms with Gasteiger partial charge < -0.3 is 5.32 Å². The molecule has 0 aromatic carbocycles. The van der Waals surface area contributed by atoms with E-state index in [2.05, 4.69) is 20.6 Å². The lowest BCUT2D eigenvalue weighted by Crippen LogP contribution is -2.25. The van der Waals surface area contributed by atoms with Crippen LogP contribution in [0.5, 0.6) is 0 Å². The van der Waals surface area contributed by atoms with Gasteiger partial charge in [0, 0.05) is 18.2 Å². The van der Waals surface area contributed by atoms with Gasteiger partial charge in [-0.15, -0.1) is 6.42 Å². The molecule has 0 saturated heterocycles. The highest BCUT2D eigenvalue weighted by Gasteiger charge is 2.20. The molecule has 4 nitrogen and oxygen atoms in total. The lowest BCUT2D eigenvalue weighted by molar-refractivity contribution is 0.152. The second kappa shape index (κ2) is 6.36. The SMILES string of the molecule is C#CSCC(=NOC(=O)NC)C(C)(C)C. The highest BCUT2D eigenvalue weighted by molar-refractivity contribution is 8.04. The van der Waals surface area contributed by atoms with Crippen LogP contribution < -0.4 is 5.32 Å². The Hall–Kier alpha value is -1.15. The van der Waals surface area contributed by atoms with E-state index in [1.54, 1.807) is 0 Å². The summed E-state index contributed by atoms with van der Waals surface area (Å²) in [6.07, 6.45) is 4.56. The number of nitrogens with one attached hydrogen (secondary N) is 1. The van der Waals surface area contributed by atoms with Crippen LogP contribution in [0.25, 0.3) is 0 Å². The number of hydrogen-bond acceptors (Lipinski definition) is 4. The Balaban J connectivity index is 4.50. The van der Waals surface area contributed by atoms with Crippen molar-refractivity contribution in [3.8, 4) is 11.7 Å². The van der Waals surface area contributed by atoms with Crippen molar-refractivity contribution in [1.82, 2.24) is 5.32 Å². The molecule has 0 rings (SSSR count). The summed E-state index contributed by atoms with van der Waals surface area (Å²) in [5.41, 5.74) is 0.576. The molecule has 0 aliphatic heterocycles. The highest BCUT2D eigenvalue weighted by Crippen LogP contribution is 2.19. The first-order valence-electron chi connectivity index (χ1n) is 4.45. The number of carbonyl (C=O) groups excluding carboxylic acids is 1. The number of nitrogens with zero attached hydrogens (tertiary/aromatic N) is 1. The molecular weight excluding hydrogens is 212 g/mol. The van der Waals surface area contributed by atoms with E-state index in [9.17, 15) is 4.79 Å². The van der Waals surface area contributed by atoms with Gasteiger partial charge in [0.05, 0.1) is 5.71 Å². The minimum absolute atomic E-state index is 0.169. The zero-order valence-electron chi connectivity index (χ0n) is 9.46. The third kappa shape index (κ3) is 6.02. The Morgan fingerprint density at radius 1 is 1.60 bits per heavy atom. The maximum absolute atomic E-state index is 10.8. The van der Waals surface area contributed by atoms with Crippen LogP contribution in [0, 0.1) is 17.1 Å². The second-order valence-electron chi connectivity index (χ2n) is 3.82. The summed E-state index contributed by atoms with van der Waals surface area (Å²) < 4.78 is 0. The number of carbonyl (C=O) groups is 1. The zero-order chi connectivity index (χ0) is 11.9. The Morgan fingerprint density at radius 2 is 2.20 bits per heavy atom. The number of amides is 1. The molecule has 0 aliphatic rings. The smallest absolute Gasteiger partial charge is 0.323 e. The van der Waals surface area contributed by atoms with Crippen LogP contribution in [0.4, 0.5) is 4.79 Å². The summed E-state index contributed by atoms with van der Waals surface area (Å²) in [4.78, 5) is 15.5. The van der Waals surface area contributed by atoms with Gasteiger partial charge in [0.2, 0.25) is 0 Å². The molecule has 84 valence electrons. The zero-order valence-corrected chi connectivity index (χ0v) is 10.3. The van der Waals surface area contributed by atoms with Crippen LogP contribution in [0.2, 0.25) is 0 Å². The number of thioether (sulfide) groups is 1. The van der Waals surface area contributed by atoms with E-state index < -0.39 is 6.09 Å². The van der Waals surface area contributed by atoms with E-state index in [-0.39, 0.29) is 5.41 Å². The molecule has 0 atom stereocenters. The molecule has 0 unspecified atom stereocenters. The number of terminal acetylenes is 1. The summed E-state index contributed by atoms with van der Waals surface area (Å²) in [5.74, 6) is 0.553. The van der Waals surface area contributed by atoms with Crippen molar-refractivity contribution in [2.45, 2.75) is 20.8 Å². The minimum atomic E-state index is -0.581. The van der Waals surface area contributed by atoms with Crippen molar-refractivity contribution < 1.29 is 9.63 Å². The fourth-order valence-electron chi connectivity index (χ4n) is 0.632. The summed E-state index contributed by atoms with van der Waals surface area (Å²) >= 11 is 1.29. The lowest BCUT2D eigenvalue weighted by atomic mass is 9.91. The Labute approximate surface area is 94.8 Å². The summed E-state index contributed by atoms with van der Waals surface area (Å²) in [5, 5.41) is 8.56. The van der Waals surface area contributed by atoms with E-state index in [0.717, 1.165) is 5.71 Å². The van der Waals surface area contributed by atoms with Gasteiger partial charge in [0.15, 0.2) is 0 Å². The van der Waals surface area contributed by atoms with Crippen molar-refractivity contribution in [3.63, 3.8) is 0 Å². The third-order valence-corrected chi connectivity index (χ3v) is 2.19. The molecule has 5 heteroatoms. The molecule has 0 radical (unpaired) electrons. The van der Waals surface area contributed by atoms with Crippen LogP contribution in [0.15, 0.2) is 5.16 Å². The molecule has 0 aromatic rings. The van der Waals surface area contributed by atoms with Gasteiger partial charge in [-0.1, -0.05) is 37.7 Å².